The van der Waals surface area contributed by atoms with Gasteiger partial charge < -0.3 is 14.6 Å². The number of rotatable bonds is 4. The molecule has 1 aliphatic heterocycles. The Morgan fingerprint density at radius 2 is 2.33 bits per heavy atom. The highest BCUT2D eigenvalue weighted by atomic mass is 79.9. The molecule has 1 N–H and O–H groups in total. The third-order valence-corrected chi connectivity index (χ3v) is 3.64. The number of hydrogen-bond donors (Lipinski definition) is 1. The van der Waals surface area contributed by atoms with E-state index >= 15 is 0 Å². The normalized spacial score (nSPS) is 12.6. The molecule has 0 fully saturated rings. The van der Waals surface area contributed by atoms with Gasteiger partial charge in [0.05, 0.1) is 6.61 Å². The van der Waals surface area contributed by atoms with E-state index in [1.54, 1.807) is 12.1 Å². The number of carboxylic acids is 1. The molecule has 2 heterocycles. The van der Waals surface area contributed by atoms with Crippen molar-refractivity contribution in [3.05, 3.63) is 51.8 Å². The summed E-state index contributed by atoms with van der Waals surface area (Å²) in [6.45, 7) is 0.889. The molecule has 1 aromatic carbocycles. The van der Waals surface area contributed by atoms with E-state index in [-0.39, 0.29) is 18.1 Å². The molecule has 2 aromatic rings. The van der Waals surface area contributed by atoms with Crippen LogP contribution in [0.3, 0.4) is 0 Å². The lowest BCUT2D eigenvalue weighted by molar-refractivity contribution is 0.0685. The van der Waals surface area contributed by atoms with E-state index in [4.69, 9.17) is 14.6 Å². The van der Waals surface area contributed by atoms with Crippen LogP contribution in [0, 0.1) is 0 Å². The van der Waals surface area contributed by atoms with Gasteiger partial charge in [0.15, 0.2) is 11.4 Å². The van der Waals surface area contributed by atoms with Crippen molar-refractivity contribution >= 4 is 21.9 Å². The summed E-state index contributed by atoms with van der Waals surface area (Å²) in [6.07, 6.45) is 2.30. The zero-order valence-electron chi connectivity index (χ0n) is 11.0. The lowest BCUT2D eigenvalue weighted by atomic mass is 10.1. The van der Waals surface area contributed by atoms with Crippen molar-refractivity contribution < 1.29 is 19.4 Å². The summed E-state index contributed by atoms with van der Waals surface area (Å²) in [6, 6.07) is 7.18. The molecule has 0 saturated carbocycles. The van der Waals surface area contributed by atoms with E-state index < -0.39 is 5.97 Å². The van der Waals surface area contributed by atoms with E-state index in [1.807, 2.05) is 12.1 Å². The number of fused-ring (bicyclic) bond motifs is 1. The van der Waals surface area contributed by atoms with Crippen molar-refractivity contribution in [2.75, 3.05) is 6.61 Å². The van der Waals surface area contributed by atoms with E-state index in [2.05, 4.69) is 20.9 Å². The zero-order valence-corrected chi connectivity index (χ0v) is 12.6. The van der Waals surface area contributed by atoms with Crippen molar-refractivity contribution in [1.82, 2.24) is 4.98 Å². The Bertz CT molecular complexity index is 702. The first-order chi connectivity index (χ1) is 10.1. The maximum absolute atomic E-state index is 11.1. The van der Waals surface area contributed by atoms with Crippen molar-refractivity contribution in [3.8, 4) is 11.5 Å². The highest BCUT2D eigenvalue weighted by molar-refractivity contribution is 9.10. The van der Waals surface area contributed by atoms with Crippen LogP contribution < -0.4 is 9.47 Å². The zero-order chi connectivity index (χ0) is 14.8. The molecule has 0 spiro atoms. The Labute approximate surface area is 129 Å². The van der Waals surface area contributed by atoms with Crippen molar-refractivity contribution in [2.24, 2.45) is 0 Å². The number of benzene rings is 1. The largest absolute Gasteiger partial charge is 0.493 e. The molecule has 108 valence electrons. The van der Waals surface area contributed by atoms with Crippen LogP contribution in [-0.2, 0) is 13.0 Å². The van der Waals surface area contributed by atoms with Gasteiger partial charge in [0.2, 0.25) is 0 Å². The Morgan fingerprint density at radius 1 is 1.48 bits per heavy atom. The van der Waals surface area contributed by atoms with Crippen LogP contribution in [0.1, 0.15) is 21.6 Å². The smallest absolute Gasteiger partial charge is 0.358 e. The van der Waals surface area contributed by atoms with Crippen LogP contribution in [0.2, 0.25) is 0 Å². The number of carboxylic acid groups (broad SMARTS) is 1. The SMILES string of the molecule is O=C(O)c1ncccc1OCc1cc(Br)cc2c1OCC2. The van der Waals surface area contributed by atoms with Crippen LogP contribution >= 0.6 is 15.9 Å². The molecule has 0 radical (unpaired) electrons. The predicted molar refractivity (Wildman–Crippen MR) is 78.9 cm³/mol. The second-order valence-corrected chi connectivity index (χ2v) is 5.51. The Hall–Kier alpha value is -2.08. The van der Waals surface area contributed by atoms with Gasteiger partial charge in [-0.3, -0.25) is 0 Å². The Morgan fingerprint density at radius 3 is 3.14 bits per heavy atom. The van der Waals surface area contributed by atoms with Gasteiger partial charge in [0, 0.05) is 22.7 Å². The summed E-state index contributed by atoms with van der Waals surface area (Å²) in [5, 5.41) is 9.09. The van der Waals surface area contributed by atoms with Crippen LogP contribution in [-0.4, -0.2) is 22.7 Å². The molecule has 0 saturated heterocycles. The summed E-state index contributed by atoms with van der Waals surface area (Å²) in [5.41, 5.74) is 1.93. The Kier molecular flexibility index (Phi) is 3.79. The van der Waals surface area contributed by atoms with Crippen molar-refractivity contribution in [3.63, 3.8) is 0 Å². The summed E-state index contributed by atoms with van der Waals surface area (Å²) < 4.78 is 12.2. The molecule has 0 aliphatic carbocycles. The molecule has 1 aromatic heterocycles. The highest BCUT2D eigenvalue weighted by Crippen LogP contribution is 2.33. The molecule has 0 amide bonds. The molecule has 21 heavy (non-hydrogen) atoms. The molecular formula is C15H12BrNO4. The van der Waals surface area contributed by atoms with Crippen LogP contribution in [0.5, 0.6) is 11.5 Å². The number of nitrogens with zero attached hydrogens (tertiary/aromatic N) is 1. The molecular weight excluding hydrogens is 338 g/mol. The first-order valence-corrected chi connectivity index (χ1v) is 7.19. The van der Waals surface area contributed by atoms with Gasteiger partial charge in [-0.05, 0) is 29.8 Å². The number of carbonyl (C=O) groups is 1. The maximum atomic E-state index is 11.1. The highest BCUT2D eigenvalue weighted by Gasteiger charge is 2.19. The fourth-order valence-corrected chi connectivity index (χ4v) is 2.83. The number of aromatic nitrogens is 1. The average molecular weight is 350 g/mol. The molecule has 0 atom stereocenters. The number of aromatic carboxylic acids is 1. The van der Waals surface area contributed by atoms with E-state index in [0.717, 1.165) is 27.8 Å². The van der Waals surface area contributed by atoms with E-state index in [0.29, 0.717) is 6.61 Å². The topological polar surface area (TPSA) is 68.7 Å². The standard InChI is InChI=1S/C15H12BrNO4/c16-11-6-9-3-5-20-14(9)10(7-11)8-21-12-2-1-4-17-13(12)15(18)19/h1-2,4,6-7H,3,5,8H2,(H,18,19). The monoisotopic (exact) mass is 349 g/mol. The van der Waals surface area contributed by atoms with Crippen molar-refractivity contribution in [2.45, 2.75) is 13.0 Å². The summed E-state index contributed by atoms with van der Waals surface area (Å²) >= 11 is 3.46. The first-order valence-electron chi connectivity index (χ1n) is 6.40. The minimum atomic E-state index is -1.11. The lowest BCUT2D eigenvalue weighted by Gasteiger charge is -2.11. The van der Waals surface area contributed by atoms with Crippen LogP contribution in [0.25, 0.3) is 0 Å². The fraction of sp³-hybridized carbons (Fsp3) is 0.200. The van der Waals surface area contributed by atoms with Crippen LogP contribution in [0.4, 0.5) is 0 Å². The Balaban J connectivity index is 1.85. The molecule has 5 nitrogen and oxygen atoms in total. The number of halogens is 1. The third kappa shape index (κ3) is 2.85. The molecule has 0 bridgehead atoms. The number of hydrogen-bond acceptors (Lipinski definition) is 4. The maximum Gasteiger partial charge on any atom is 0.358 e. The summed E-state index contributed by atoms with van der Waals surface area (Å²) in [5.74, 6) is -0.0305. The van der Waals surface area contributed by atoms with Gasteiger partial charge in [-0.15, -0.1) is 0 Å². The van der Waals surface area contributed by atoms with Gasteiger partial charge in [0.1, 0.15) is 12.4 Å². The van der Waals surface area contributed by atoms with E-state index in [9.17, 15) is 4.79 Å². The predicted octanol–water partition coefficient (Wildman–Crippen LogP) is 3.06. The van der Waals surface area contributed by atoms with Gasteiger partial charge in [-0.1, -0.05) is 15.9 Å². The number of ether oxygens (including phenoxy) is 2. The fourth-order valence-electron chi connectivity index (χ4n) is 2.28. The van der Waals surface area contributed by atoms with Gasteiger partial charge in [-0.2, -0.15) is 0 Å². The summed E-state index contributed by atoms with van der Waals surface area (Å²) in [4.78, 5) is 14.9. The molecule has 0 unspecified atom stereocenters. The quantitative estimate of drug-likeness (QED) is 0.918. The van der Waals surface area contributed by atoms with Gasteiger partial charge >= 0.3 is 5.97 Å². The summed E-state index contributed by atoms with van der Waals surface area (Å²) in [7, 11) is 0. The second-order valence-electron chi connectivity index (χ2n) is 4.60. The minimum absolute atomic E-state index is 0.0925. The van der Waals surface area contributed by atoms with E-state index in [1.165, 1.54) is 6.20 Å². The number of pyridine rings is 1. The first kappa shape index (κ1) is 13.9. The second kappa shape index (κ2) is 5.73. The molecule has 6 heteroatoms. The molecule has 1 aliphatic rings. The van der Waals surface area contributed by atoms with Gasteiger partial charge in [-0.25, -0.2) is 9.78 Å². The van der Waals surface area contributed by atoms with Crippen molar-refractivity contribution in [1.29, 1.82) is 0 Å². The minimum Gasteiger partial charge on any atom is -0.493 e. The van der Waals surface area contributed by atoms with Gasteiger partial charge in [0.25, 0.3) is 0 Å². The average Bonchev–Trinajstić information content (AvgIpc) is 2.93. The van der Waals surface area contributed by atoms with Crippen LogP contribution in [0.15, 0.2) is 34.9 Å². The third-order valence-electron chi connectivity index (χ3n) is 3.18. The molecule has 3 rings (SSSR count). The lowest BCUT2D eigenvalue weighted by Crippen LogP contribution is -2.06.